The Balaban J connectivity index is 1.76. The van der Waals surface area contributed by atoms with Crippen molar-refractivity contribution in [3.63, 3.8) is 0 Å². The molecule has 1 aliphatic carbocycles. The van der Waals surface area contributed by atoms with Crippen LogP contribution in [0.3, 0.4) is 0 Å². The quantitative estimate of drug-likeness (QED) is 0.243. The minimum absolute atomic E-state index is 0.480. The van der Waals surface area contributed by atoms with Crippen LogP contribution in [-0.2, 0) is 0 Å². The molecule has 0 bridgehead atoms. The molecule has 0 aliphatic heterocycles. The van der Waals surface area contributed by atoms with Crippen molar-refractivity contribution < 1.29 is 0 Å². The van der Waals surface area contributed by atoms with Gasteiger partial charge in [-0.25, -0.2) is 0 Å². The van der Waals surface area contributed by atoms with Gasteiger partial charge in [0.2, 0.25) is 0 Å². The predicted octanol–water partition coefficient (Wildman–Crippen LogP) is 7.10. The summed E-state index contributed by atoms with van der Waals surface area (Å²) in [6, 6.07) is 0. The van der Waals surface area contributed by atoms with Gasteiger partial charge in [0.15, 0.2) is 0 Å². The van der Waals surface area contributed by atoms with Crippen molar-refractivity contribution in [1.82, 2.24) is 0 Å². The van der Waals surface area contributed by atoms with E-state index in [0.717, 1.165) is 5.92 Å². The molecule has 0 N–H and O–H groups in total. The van der Waals surface area contributed by atoms with Crippen molar-refractivity contribution in [2.75, 3.05) is 0 Å². The first-order chi connectivity index (χ1) is 9.75. The maximum absolute atomic E-state index is 5.19. The smallest absolute Gasteiger partial charge is 0.00151 e. The Kier molecular flexibility index (Phi) is 9.76. The van der Waals surface area contributed by atoms with Crippen LogP contribution in [0.4, 0.5) is 0 Å². The van der Waals surface area contributed by atoms with E-state index in [1.54, 1.807) is 0 Å². The second-order valence-electron chi connectivity index (χ2n) is 7.10. The molecule has 0 aromatic heterocycles. The summed E-state index contributed by atoms with van der Waals surface area (Å²) in [6.07, 6.45) is 20.0. The summed E-state index contributed by atoms with van der Waals surface area (Å²) in [5.74, 6) is 0.868. The highest BCUT2D eigenvalue weighted by Crippen LogP contribution is 2.54. The van der Waals surface area contributed by atoms with E-state index in [9.17, 15) is 0 Å². The molecule has 0 nitrogen and oxygen atoms in total. The third-order valence-corrected chi connectivity index (χ3v) is 5.71. The van der Waals surface area contributed by atoms with Gasteiger partial charge in [-0.15, -0.1) is 0 Å². The van der Waals surface area contributed by atoms with Crippen LogP contribution < -0.4 is 0 Å². The lowest BCUT2D eigenvalue weighted by atomic mass is 9.97. The van der Waals surface area contributed by atoms with Crippen LogP contribution in [0.25, 0.3) is 0 Å². The lowest BCUT2D eigenvalue weighted by molar-refractivity contribution is 0.504. The zero-order chi connectivity index (χ0) is 14.7. The third-order valence-electron chi connectivity index (χ3n) is 5.24. The fraction of sp³-hybridized carbons (Fsp3) is 0.947. The van der Waals surface area contributed by atoms with E-state index in [0.29, 0.717) is 5.41 Å². The van der Waals surface area contributed by atoms with E-state index >= 15 is 0 Å². The van der Waals surface area contributed by atoms with Crippen LogP contribution in [0, 0.1) is 11.3 Å². The van der Waals surface area contributed by atoms with Gasteiger partial charge in [-0.2, -0.15) is 0 Å². The lowest BCUT2D eigenvalue weighted by Gasteiger charge is -2.09. The zero-order valence-electron chi connectivity index (χ0n) is 14.0. The molecular weight excluding hydrogens is 260 g/mol. The second-order valence-corrected chi connectivity index (χ2v) is 7.33. The molecule has 118 valence electrons. The lowest BCUT2D eigenvalue weighted by Crippen LogP contribution is -2.03. The van der Waals surface area contributed by atoms with Crippen LogP contribution in [-0.4, -0.2) is 5.37 Å². The first-order valence-corrected chi connectivity index (χ1v) is 9.68. The average molecular weight is 297 g/mol. The molecule has 2 atom stereocenters. The maximum Gasteiger partial charge on any atom is 0.00151 e. The molecule has 0 aromatic rings. The fourth-order valence-corrected chi connectivity index (χ4v) is 3.82. The topological polar surface area (TPSA) is 0 Å². The Morgan fingerprint density at radius 2 is 1.25 bits per heavy atom. The SMILES string of the molecule is CCCCCCCCCCCCCCC1(C=S)CC1C. The summed E-state index contributed by atoms with van der Waals surface area (Å²) in [6.45, 7) is 4.64. The van der Waals surface area contributed by atoms with Crippen molar-refractivity contribution in [2.24, 2.45) is 11.3 Å². The van der Waals surface area contributed by atoms with Crippen molar-refractivity contribution in [3.05, 3.63) is 0 Å². The van der Waals surface area contributed by atoms with Crippen LogP contribution >= 0.6 is 12.2 Å². The second kappa shape index (κ2) is 10.8. The van der Waals surface area contributed by atoms with Gasteiger partial charge in [0.05, 0.1) is 0 Å². The van der Waals surface area contributed by atoms with Gasteiger partial charge in [0.25, 0.3) is 0 Å². The van der Waals surface area contributed by atoms with E-state index in [1.165, 1.54) is 89.9 Å². The minimum atomic E-state index is 0.480. The molecule has 1 rings (SSSR count). The molecular formula is C19H36S. The molecule has 1 aliphatic rings. The molecule has 0 saturated heterocycles. The Bertz CT molecular complexity index is 248. The Hall–Kier alpha value is 0.0900. The number of hydrogen-bond donors (Lipinski definition) is 0. The normalized spacial score (nSPS) is 24.8. The van der Waals surface area contributed by atoms with Crippen molar-refractivity contribution in [1.29, 1.82) is 0 Å². The Morgan fingerprint density at radius 3 is 1.60 bits per heavy atom. The van der Waals surface area contributed by atoms with Gasteiger partial charge >= 0.3 is 0 Å². The summed E-state index contributed by atoms with van der Waals surface area (Å²) >= 11 is 5.19. The largest absolute Gasteiger partial charge is 0.0929 e. The molecule has 0 aromatic carbocycles. The maximum atomic E-state index is 5.19. The monoisotopic (exact) mass is 296 g/mol. The van der Waals surface area contributed by atoms with E-state index < -0.39 is 0 Å². The fourth-order valence-electron chi connectivity index (χ4n) is 3.38. The van der Waals surface area contributed by atoms with Gasteiger partial charge in [-0.3, -0.25) is 0 Å². The molecule has 0 radical (unpaired) electrons. The molecule has 1 fully saturated rings. The van der Waals surface area contributed by atoms with Gasteiger partial charge in [0.1, 0.15) is 0 Å². The van der Waals surface area contributed by atoms with Crippen molar-refractivity contribution in [2.45, 2.75) is 104 Å². The number of thiocarbonyl (C=S) groups is 1. The van der Waals surface area contributed by atoms with Gasteiger partial charge in [0, 0.05) is 5.41 Å². The zero-order valence-corrected chi connectivity index (χ0v) is 14.8. The number of unbranched alkanes of at least 4 members (excludes halogenated alkanes) is 11. The Labute approximate surface area is 133 Å². The summed E-state index contributed by atoms with van der Waals surface area (Å²) in [7, 11) is 0. The van der Waals surface area contributed by atoms with Gasteiger partial charge < -0.3 is 0 Å². The van der Waals surface area contributed by atoms with E-state index in [2.05, 4.69) is 19.2 Å². The minimum Gasteiger partial charge on any atom is -0.0929 e. The van der Waals surface area contributed by atoms with E-state index in [-0.39, 0.29) is 0 Å². The molecule has 0 spiro atoms. The van der Waals surface area contributed by atoms with E-state index in [1.807, 2.05) is 0 Å². The average Bonchev–Trinajstić information content (AvgIpc) is 3.11. The highest BCUT2D eigenvalue weighted by molar-refractivity contribution is 7.79. The van der Waals surface area contributed by atoms with Gasteiger partial charge in [-0.05, 0) is 24.1 Å². The molecule has 2 unspecified atom stereocenters. The molecule has 0 amide bonds. The van der Waals surface area contributed by atoms with Crippen LogP contribution in [0.2, 0.25) is 0 Å². The highest BCUT2D eigenvalue weighted by atomic mass is 32.1. The summed E-state index contributed by atoms with van der Waals surface area (Å²) in [4.78, 5) is 0. The Morgan fingerprint density at radius 1 is 0.850 bits per heavy atom. The van der Waals surface area contributed by atoms with Crippen molar-refractivity contribution in [3.8, 4) is 0 Å². The van der Waals surface area contributed by atoms with Gasteiger partial charge in [-0.1, -0.05) is 103 Å². The predicted molar refractivity (Wildman–Crippen MR) is 95.6 cm³/mol. The standard InChI is InChI=1S/C19H36S/c1-3-4-5-6-7-8-9-10-11-12-13-14-15-19(17-20)16-18(19)2/h17-18H,3-16H2,1-2H3. The molecule has 1 saturated carbocycles. The van der Waals surface area contributed by atoms with Crippen molar-refractivity contribution >= 4 is 17.6 Å². The number of hydrogen-bond acceptors (Lipinski definition) is 1. The van der Waals surface area contributed by atoms with E-state index in [4.69, 9.17) is 12.2 Å². The summed E-state index contributed by atoms with van der Waals surface area (Å²) in [5, 5.41) is 2.07. The van der Waals surface area contributed by atoms with Crippen LogP contribution in [0.1, 0.15) is 104 Å². The van der Waals surface area contributed by atoms with Crippen LogP contribution in [0.15, 0.2) is 0 Å². The first kappa shape index (κ1) is 18.1. The molecule has 0 heterocycles. The first-order valence-electron chi connectivity index (χ1n) is 9.21. The molecule has 20 heavy (non-hydrogen) atoms. The summed E-state index contributed by atoms with van der Waals surface area (Å²) < 4.78 is 0. The number of rotatable bonds is 14. The van der Waals surface area contributed by atoms with Crippen LogP contribution in [0.5, 0.6) is 0 Å². The highest BCUT2D eigenvalue weighted by Gasteiger charge is 2.48. The summed E-state index contributed by atoms with van der Waals surface area (Å²) in [5.41, 5.74) is 0.480. The third kappa shape index (κ3) is 7.20. The molecule has 1 heteroatoms.